The first-order valence-corrected chi connectivity index (χ1v) is 8.35. The van der Waals surface area contributed by atoms with Crippen molar-refractivity contribution in [3.8, 4) is 12.1 Å². The maximum absolute atomic E-state index is 10.6. The van der Waals surface area contributed by atoms with Crippen LogP contribution in [0.2, 0.25) is 0 Å². The van der Waals surface area contributed by atoms with Gasteiger partial charge in [0.1, 0.15) is 13.1 Å². The van der Waals surface area contributed by atoms with Gasteiger partial charge in [-0.05, 0) is 35.7 Å². The Morgan fingerprint density at radius 3 is 1.93 bits per heavy atom. The molecule has 0 atom stereocenters. The van der Waals surface area contributed by atoms with E-state index in [2.05, 4.69) is 6.07 Å². The third-order valence-electron chi connectivity index (χ3n) is 4.25. The number of hydrogen-bond donors (Lipinski definition) is 1. The number of anilines is 1. The number of hydrogen-bond acceptors (Lipinski definition) is 5. The standard InChI is InChI=1S/C10H7N3O2.C10H9N3.Fe/c11-4-6-12-5-3-8-1-2-9(13(14)15)7-10(8)12;11-4-6-13-5-3-8-1-2-9(12)7-10(8)13;/h1-3,5,7H,6H2;1-3,5,7H,6,12H2;. The molecule has 8 nitrogen and oxygen atoms in total. The van der Waals surface area contributed by atoms with Crippen LogP contribution in [0.3, 0.4) is 0 Å². The minimum absolute atomic E-state index is 0. The van der Waals surface area contributed by atoms with Crippen molar-refractivity contribution in [2.75, 3.05) is 5.73 Å². The van der Waals surface area contributed by atoms with Crippen molar-refractivity contribution in [3.05, 3.63) is 71.0 Å². The average molecular weight is 428 g/mol. The minimum Gasteiger partial charge on any atom is -0.399 e. The quantitative estimate of drug-likeness (QED) is 0.230. The molecule has 0 unspecified atom stereocenters. The van der Waals surface area contributed by atoms with Gasteiger partial charge in [0.05, 0.1) is 28.1 Å². The first-order valence-electron chi connectivity index (χ1n) is 8.35. The van der Waals surface area contributed by atoms with Gasteiger partial charge < -0.3 is 14.9 Å². The van der Waals surface area contributed by atoms with E-state index >= 15 is 0 Å². The largest absolute Gasteiger partial charge is 0.399 e. The molecule has 0 radical (unpaired) electrons. The monoisotopic (exact) mass is 428 g/mol. The van der Waals surface area contributed by atoms with Crippen LogP contribution in [0.4, 0.5) is 11.4 Å². The summed E-state index contributed by atoms with van der Waals surface area (Å²) in [7, 11) is 0. The molecule has 2 heterocycles. The summed E-state index contributed by atoms with van der Waals surface area (Å²) < 4.78 is 3.56. The fourth-order valence-corrected chi connectivity index (χ4v) is 2.91. The maximum Gasteiger partial charge on any atom is 0.271 e. The molecule has 0 spiro atoms. The predicted molar refractivity (Wildman–Crippen MR) is 106 cm³/mol. The molecule has 0 saturated carbocycles. The number of aromatic nitrogens is 2. The van der Waals surface area contributed by atoms with Crippen molar-refractivity contribution in [1.82, 2.24) is 9.13 Å². The molecule has 2 aromatic heterocycles. The van der Waals surface area contributed by atoms with Crippen LogP contribution in [0.1, 0.15) is 0 Å². The van der Waals surface area contributed by atoms with Gasteiger partial charge in [-0.1, -0.05) is 6.07 Å². The van der Waals surface area contributed by atoms with E-state index in [0.29, 0.717) is 12.1 Å². The second kappa shape index (κ2) is 9.43. The van der Waals surface area contributed by atoms with Crippen molar-refractivity contribution in [1.29, 1.82) is 10.5 Å². The molecule has 29 heavy (non-hydrogen) atoms. The van der Waals surface area contributed by atoms with Crippen LogP contribution in [0, 0.1) is 32.8 Å². The molecule has 0 saturated heterocycles. The molecule has 0 fully saturated rings. The molecule has 2 N–H and O–H groups in total. The van der Waals surface area contributed by atoms with Crippen LogP contribution < -0.4 is 5.73 Å². The Bertz CT molecular complexity index is 1250. The SMILES string of the molecule is N#CCn1ccc2ccc(N)cc21.N#CCn1ccc2ccc([N+](=O)[O-])cc21.[Fe]. The molecule has 0 aliphatic rings. The van der Waals surface area contributed by atoms with E-state index in [-0.39, 0.29) is 29.3 Å². The number of nitro groups is 1. The van der Waals surface area contributed by atoms with Gasteiger partial charge in [-0.2, -0.15) is 10.5 Å². The van der Waals surface area contributed by atoms with Gasteiger partial charge in [-0.25, -0.2) is 0 Å². The number of non-ortho nitro benzene ring substituents is 1. The Kier molecular flexibility index (Phi) is 6.99. The van der Waals surface area contributed by atoms with Crippen LogP contribution in [-0.4, -0.2) is 14.1 Å². The molecule has 4 aromatic rings. The maximum atomic E-state index is 10.6. The van der Waals surface area contributed by atoms with Gasteiger partial charge in [0.2, 0.25) is 0 Å². The molecule has 0 aliphatic carbocycles. The van der Waals surface area contributed by atoms with E-state index in [4.69, 9.17) is 16.3 Å². The molecule has 4 rings (SSSR count). The van der Waals surface area contributed by atoms with Gasteiger partial charge >= 0.3 is 0 Å². The van der Waals surface area contributed by atoms with E-state index in [1.54, 1.807) is 16.8 Å². The topological polar surface area (TPSA) is 127 Å². The third-order valence-corrected chi connectivity index (χ3v) is 4.25. The Morgan fingerprint density at radius 2 is 1.41 bits per heavy atom. The molecular formula is C20H16FeN6O2. The van der Waals surface area contributed by atoms with Gasteiger partial charge in [-0.3, -0.25) is 10.1 Å². The Balaban J connectivity index is 0.000000202. The zero-order valence-electron chi connectivity index (χ0n) is 15.2. The third kappa shape index (κ3) is 4.74. The Hall–Kier alpha value is -3.78. The number of nitriles is 2. The van der Waals surface area contributed by atoms with E-state index < -0.39 is 4.92 Å². The normalized spacial score (nSPS) is 9.72. The molecule has 0 amide bonds. The van der Waals surface area contributed by atoms with Gasteiger partial charge in [0.15, 0.2) is 0 Å². The number of nitrogen functional groups attached to an aromatic ring is 1. The average Bonchev–Trinajstić information content (AvgIpc) is 3.27. The fraction of sp³-hybridized carbons (Fsp3) is 0.100. The van der Waals surface area contributed by atoms with E-state index in [1.807, 2.05) is 47.2 Å². The minimum atomic E-state index is -0.441. The van der Waals surface area contributed by atoms with Crippen molar-refractivity contribution in [3.63, 3.8) is 0 Å². The number of rotatable bonds is 3. The Labute approximate surface area is 177 Å². The molecule has 2 aromatic carbocycles. The van der Waals surface area contributed by atoms with Gasteiger partial charge in [-0.15, -0.1) is 0 Å². The molecule has 0 aliphatic heterocycles. The van der Waals surface area contributed by atoms with E-state index in [1.165, 1.54) is 12.1 Å². The predicted octanol–water partition coefficient (Wildman–Crippen LogP) is 3.82. The molecule has 9 heteroatoms. The van der Waals surface area contributed by atoms with Gasteiger partial charge in [0.25, 0.3) is 5.69 Å². The first kappa shape index (κ1) is 21.5. The summed E-state index contributed by atoms with van der Waals surface area (Å²) in [6, 6.07) is 18.2. The summed E-state index contributed by atoms with van der Waals surface area (Å²) in [6.07, 6.45) is 3.64. The second-order valence-corrected chi connectivity index (χ2v) is 6.02. The van der Waals surface area contributed by atoms with E-state index in [0.717, 1.165) is 22.0 Å². The summed E-state index contributed by atoms with van der Waals surface area (Å²) in [5, 5.41) is 29.7. The number of nitro benzene ring substituents is 1. The Morgan fingerprint density at radius 1 is 0.897 bits per heavy atom. The van der Waals surface area contributed by atoms with Crippen molar-refractivity contribution < 1.29 is 22.0 Å². The summed E-state index contributed by atoms with van der Waals surface area (Å²) in [6.45, 7) is 0.567. The van der Waals surface area contributed by atoms with Crippen LogP contribution in [0.15, 0.2) is 60.9 Å². The van der Waals surface area contributed by atoms with Crippen LogP contribution in [0.5, 0.6) is 0 Å². The number of nitrogens with two attached hydrogens (primary N) is 1. The zero-order valence-corrected chi connectivity index (χ0v) is 16.3. The number of fused-ring (bicyclic) bond motifs is 2. The zero-order chi connectivity index (χ0) is 20.1. The summed E-state index contributed by atoms with van der Waals surface area (Å²) in [5.41, 5.74) is 8.15. The molecular weight excluding hydrogens is 412 g/mol. The van der Waals surface area contributed by atoms with Crippen LogP contribution in [-0.2, 0) is 30.2 Å². The molecule has 0 bridgehead atoms. The number of benzene rings is 2. The second-order valence-electron chi connectivity index (χ2n) is 6.02. The van der Waals surface area contributed by atoms with Gasteiger partial charge in [0, 0.05) is 52.7 Å². The van der Waals surface area contributed by atoms with Crippen LogP contribution in [0.25, 0.3) is 21.8 Å². The number of nitrogens with zero attached hydrogens (tertiary/aromatic N) is 5. The van der Waals surface area contributed by atoms with Crippen molar-refractivity contribution in [2.24, 2.45) is 0 Å². The summed E-state index contributed by atoms with van der Waals surface area (Å²) >= 11 is 0. The fourth-order valence-electron chi connectivity index (χ4n) is 2.91. The smallest absolute Gasteiger partial charge is 0.271 e. The molecule has 146 valence electrons. The van der Waals surface area contributed by atoms with Crippen molar-refractivity contribution >= 4 is 33.2 Å². The summed E-state index contributed by atoms with van der Waals surface area (Å²) in [4.78, 5) is 10.1. The van der Waals surface area contributed by atoms with Crippen LogP contribution >= 0.6 is 0 Å². The van der Waals surface area contributed by atoms with Crippen molar-refractivity contribution in [2.45, 2.75) is 13.1 Å². The summed E-state index contributed by atoms with van der Waals surface area (Å²) in [5.74, 6) is 0. The first-order chi connectivity index (χ1) is 13.5. The van der Waals surface area contributed by atoms with E-state index in [9.17, 15) is 10.1 Å².